The van der Waals surface area contributed by atoms with Gasteiger partial charge in [0.05, 0.1) is 22.3 Å². The Morgan fingerprint density at radius 2 is 1.86 bits per heavy atom. The van der Waals surface area contributed by atoms with E-state index in [0.29, 0.717) is 28.4 Å². The molecule has 0 radical (unpaired) electrons. The van der Waals surface area contributed by atoms with Gasteiger partial charge in [0.25, 0.3) is 5.56 Å². The van der Waals surface area contributed by atoms with Gasteiger partial charge in [-0.25, -0.2) is 0 Å². The Bertz CT molecular complexity index is 1250. The second-order valence-electron chi connectivity index (χ2n) is 6.17. The first-order valence-corrected chi connectivity index (χ1v) is 9.88. The van der Waals surface area contributed by atoms with Crippen molar-refractivity contribution in [2.45, 2.75) is 11.7 Å². The van der Waals surface area contributed by atoms with Crippen molar-refractivity contribution in [1.29, 1.82) is 0 Å². The zero-order valence-electron chi connectivity index (χ0n) is 15.4. The molecule has 1 amide bonds. The molecular weight excluding hydrogens is 388 g/mol. The molecule has 0 saturated carbocycles. The van der Waals surface area contributed by atoms with E-state index in [1.807, 2.05) is 48.5 Å². The number of carbonyl (C=O) groups is 1. The number of benzene rings is 2. The molecule has 0 fully saturated rings. The number of nitrogens with one attached hydrogen (secondary N) is 2. The van der Waals surface area contributed by atoms with Crippen molar-refractivity contribution in [2.24, 2.45) is 0 Å². The van der Waals surface area contributed by atoms with Crippen LogP contribution in [0.15, 0.2) is 77.2 Å². The number of anilines is 1. The fourth-order valence-corrected chi connectivity index (χ4v) is 3.69. The molecule has 9 heteroatoms. The number of nitrogens with zero attached hydrogens (tertiary/aromatic N) is 4. The summed E-state index contributed by atoms with van der Waals surface area (Å²) in [6, 6.07) is 16.6. The minimum absolute atomic E-state index is 0.134. The lowest BCUT2D eigenvalue weighted by atomic mass is 10.2. The van der Waals surface area contributed by atoms with E-state index in [1.54, 1.807) is 16.5 Å². The first-order chi connectivity index (χ1) is 14.2. The Balaban J connectivity index is 1.60. The highest BCUT2D eigenvalue weighted by molar-refractivity contribution is 7.99. The molecule has 8 nitrogen and oxygen atoms in total. The maximum atomic E-state index is 12.8. The monoisotopic (exact) mass is 406 g/mol. The maximum absolute atomic E-state index is 12.8. The van der Waals surface area contributed by atoms with E-state index in [2.05, 4.69) is 27.6 Å². The van der Waals surface area contributed by atoms with Gasteiger partial charge in [0.15, 0.2) is 5.16 Å². The van der Waals surface area contributed by atoms with Crippen molar-refractivity contribution in [3.63, 3.8) is 0 Å². The van der Waals surface area contributed by atoms with Crippen molar-refractivity contribution in [2.75, 3.05) is 11.2 Å². The molecular formula is C20H18N6O2S. The number of allylic oxidation sites excluding steroid dienone is 1. The number of hydrogen-bond donors (Lipinski definition) is 2. The van der Waals surface area contributed by atoms with Crippen LogP contribution in [-0.4, -0.2) is 30.8 Å². The number of hydrazine groups is 1. The van der Waals surface area contributed by atoms with Crippen LogP contribution in [0.3, 0.4) is 0 Å². The van der Waals surface area contributed by atoms with Gasteiger partial charge >= 0.3 is 0 Å². The highest BCUT2D eigenvalue weighted by atomic mass is 32.2. The zero-order valence-corrected chi connectivity index (χ0v) is 16.2. The van der Waals surface area contributed by atoms with Crippen LogP contribution in [0.4, 0.5) is 5.69 Å². The highest BCUT2D eigenvalue weighted by Gasteiger charge is 2.17. The van der Waals surface area contributed by atoms with Crippen LogP contribution >= 0.6 is 11.8 Å². The fraction of sp³-hybridized carbons (Fsp3) is 0.100. The molecule has 0 saturated heterocycles. The third-order valence-electron chi connectivity index (χ3n) is 4.24. The Kier molecular flexibility index (Phi) is 5.30. The summed E-state index contributed by atoms with van der Waals surface area (Å²) in [5, 5.41) is 9.47. The molecule has 4 aromatic rings. The summed E-state index contributed by atoms with van der Waals surface area (Å²) in [6.45, 7) is 4.03. The lowest BCUT2D eigenvalue weighted by molar-refractivity contribution is -0.118. The second kappa shape index (κ2) is 8.19. The summed E-state index contributed by atoms with van der Waals surface area (Å²) < 4.78 is 3.31. The van der Waals surface area contributed by atoms with Gasteiger partial charge in [0.2, 0.25) is 11.7 Å². The van der Waals surface area contributed by atoms with Crippen molar-refractivity contribution >= 4 is 40.0 Å². The number of fused-ring (bicyclic) bond motifs is 3. The minimum Gasteiger partial charge on any atom is -0.299 e. The number of amides is 1. The van der Waals surface area contributed by atoms with E-state index < -0.39 is 0 Å². The summed E-state index contributed by atoms with van der Waals surface area (Å²) in [7, 11) is 0. The van der Waals surface area contributed by atoms with Crippen LogP contribution in [0.1, 0.15) is 0 Å². The van der Waals surface area contributed by atoms with Gasteiger partial charge < -0.3 is 0 Å². The van der Waals surface area contributed by atoms with E-state index >= 15 is 0 Å². The predicted molar refractivity (Wildman–Crippen MR) is 114 cm³/mol. The van der Waals surface area contributed by atoms with Crippen LogP contribution in [-0.2, 0) is 11.3 Å². The summed E-state index contributed by atoms with van der Waals surface area (Å²) >= 11 is 1.24. The van der Waals surface area contributed by atoms with Crippen molar-refractivity contribution < 1.29 is 4.79 Å². The number of hydrogen-bond acceptors (Lipinski definition) is 6. The normalized spacial score (nSPS) is 10.9. The van der Waals surface area contributed by atoms with Gasteiger partial charge in [0.1, 0.15) is 0 Å². The molecule has 0 aliphatic heterocycles. The standard InChI is InChI=1S/C20H18N6O2S/c1-2-12-25-18(28)15-10-6-7-11-16(15)26-19(25)23-24-20(26)29-13-17(27)22-21-14-8-4-3-5-9-14/h2-11,21H,1,12-13H2,(H,22,27). The Morgan fingerprint density at radius 3 is 2.66 bits per heavy atom. The number of para-hydroxylation sites is 2. The summed E-state index contributed by atoms with van der Waals surface area (Å²) in [5.41, 5.74) is 6.85. The van der Waals surface area contributed by atoms with Gasteiger partial charge in [-0.2, -0.15) is 0 Å². The van der Waals surface area contributed by atoms with Crippen LogP contribution in [0.25, 0.3) is 16.7 Å². The molecule has 0 aliphatic carbocycles. The molecule has 0 aliphatic rings. The third-order valence-corrected chi connectivity index (χ3v) is 5.17. The summed E-state index contributed by atoms with van der Waals surface area (Å²) in [4.78, 5) is 25.0. The molecule has 4 rings (SSSR count). The predicted octanol–water partition coefficient (Wildman–Crippen LogP) is 2.47. The van der Waals surface area contributed by atoms with Crippen LogP contribution < -0.4 is 16.4 Å². The van der Waals surface area contributed by atoms with Crippen molar-refractivity contribution in [3.05, 3.63) is 77.6 Å². The van der Waals surface area contributed by atoms with Gasteiger partial charge in [-0.1, -0.05) is 48.2 Å². The van der Waals surface area contributed by atoms with Crippen molar-refractivity contribution in [1.82, 2.24) is 24.6 Å². The van der Waals surface area contributed by atoms with Crippen LogP contribution in [0.5, 0.6) is 0 Å². The molecule has 2 N–H and O–H groups in total. The van der Waals surface area contributed by atoms with E-state index in [4.69, 9.17) is 0 Å². The van der Waals surface area contributed by atoms with Crippen LogP contribution in [0.2, 0.25) is 0 Å². The smallest absolute Gasteiger partial charge is 0.263 e. The fourth-order valence-electron chi connectivity index (χ4n) is 2.95. The number of aromatic nitrogens is 4. The molecule has 146 valence electrons. The van der Waals surface area contributed by atoms with Gasteiger partial charge in [-0.05, 0) is 24.3 Å². The third kappa shape index (κ3) is 3.72. The molecule has 2 aromatic carbocycles. The van der Waals surface area contributed by atoms with Gasteiger partial charge in [-0.15, -0.1) is 16.8 Å². The molecule has 29 heavy (non-hydrogen) atoms. The first kappa shape index (κ1) is 18.8. The van der Waals surface area contributed by atoms with E-state index in [0.717, 1.165) is 5.69 Å². The topological polar surface area (TPSA) is 93.3 Å². The second-order valence-corrected chi connectivity index (χ2v) is 7.11. The number of carbonyl (C=O) groups excluding carboxylic acids is 1. The van der Waals surface area contributed by atoms with Crippen LogP contribution in [0, 0.1) is 0 Å². The van der Waals surface area contributed by atoms with Crippen molar-refractivity contribution in [3.8, 4) is 0 Å². The minimum atomic E-state index is -0.209. The summed E-state index contributed by atoms with van der Waals surface area (Å²) in [6.07, 6.45) is 1.64. The Labute approximate surface area is 170 Å². The van der Waals surface area contributed by atoms with E-state index in [9.17, 15) is 9.59 Å². The lowest BCUT2D eigenvalue weighted by Gasteiger charge is -2.10. The van der Waals surface area contributed by atoms with Gasteiger partial charge in [0, 0.05) is 6.54 Å². The quantitative estimate of drug-likeness (QED) is 0.278. The SMILES string of the molecule is C=CCn1c(=O)c2ccccc2n2c(SCC(=O)NNc3ccccc3)nnc12. The summed E-state index contributed by atoms with van der Waals surface area (Å²) in [5.74, 6) is 0.341. The molecule has 0 unspecified atom stereocenters. The number of rotatable bonds is 7. The maximum Gasteiger partial charge on any atom is 0.263 e. The van der Waals surface area contributed by atoms with Gasteiger partial charge in [-0.3, -0.25) is 29.4 Å². The number of thioether (sulfide) groups is 1. The largest absolute Gasteiger partial charge is 0.299 e. The zero-order chi connectivity index (χ0) is 20.2. The molecule has 0 atom stereocenters. The average molecular weight is 406 g/mol. The highest BCUT2D eigenvalue weighted by Crippen LogP contribution is 2.21. The lowest BCUT2D eigenvalue weighted by Crippen LogP contribution is -2.30. The molecule has 0 bridgehead atoms. The Hall–Kier alpha value is -3.59. The van der Waals surface area contributed by atoms with E-state index in [-0.39, 0.29) is 17.2 Å². The molecule has 2 aromatic heterocycles. The van der Waals surface area contributed by atoms with E-state index in [1.165, 1.54) is 16.3 Å². The molecule has 2 heterocycles. The molecule has 0 spiro atoms. The first-order valence-electron chi connectivity index (χ1n) is 8.89. The Morgan fingerprint density at radius 1 is 1.10 bits per heavy atom. The average Bonchev–Trinajstić information content (AvgIpc) is 3.18.